The number of carbonyl (C=O) groups is 1. The first kappa shape index (κ1) is 19.6. The van der Waals surface area contributed by atoms with Crippen molar-refractivity contribution in [3.63, 3.8) is 0 Å². The lowest BCUT2D eigenvalue weighted by Gasteiger charge is -2.37. The fourth-order valence-corrected chi connectivity index (χ4v) is 3.02. The smallest absolute Gasteiger partial charge is 0.225 e. The highest BCUT2D eigenvalue weighted by molar-refractivity contribution is 7.89. The van der Waals surface area contributed by atoms with Crippen LogP contribution in [0.15, 0.2) is 0 Å². The summed E-state index contributed by atoms with van der Waals surface area (Å²) in [5, 5.41) is 2.76. The highest BCUT2D eigenvalue weighted by Gasteiger charge is 2.37. The van der Waals surface area contributed by atoms with Crippen molar-refractivity contribution < 1.29 is 13.2 Å². The molecule has 0 spiro atoms. The maximum Gasteiger partial charge on any atom is 0.225 e. The first-order chi connectivity index (χ1) is 8.78. The van der Waals surface area contributed by atoms with E-state index in [2.05, 4.69) is 10.0 Å². The van der Waals surface area contributed by atoms with Gasteiger partial charge in [0.25, 0.3) is 0 Å². The molecule has 1 aliphatic rings. The number of amides is 1. The molecular weight excluding hydrogens is 302 g/mol. The van der Waals surface area contributed by atoms with Gasteiger partial charge in [-0.1, -0.05) is 12.8 Å². The zero-order valence-corrected chi connectivity index (χ0v) is 13.8. The van der Waals surface area contributed by atoms with Gasteiger partial charge in [-0.3, -0.25) is 4.79 Å². The van der Waals surface area contributed by atoms with Crippen molar-refractivity contribution in [2.45, 2.75) is 45.1 Å². The number of sulfonamides is 1. The third-order valence-electron chi connectivity index (χ3n) is 3.70. The molecule has 1 saturated carbocycles. The van der Waals surface area contributed by atoms with Gasteiger partial charge in [0.15, 0.2) is 0 Å². The lowest BCUT2D eigenvalue weighted by Crippen LogP contribution is -2.53. The zero-order valence-electron chi connectivity index (χ0n) is 12.1. The van der Waals surface area contributed by atoms with Crippen LogP contribution in [0.4, 0.5) is 0 Å². The molecule has 0 heterocycles. The minimum absolute atomic E-state index is 0. The number of rotatable bonds is 6. The van der Waals surface area contributed by atoms with Gasteiger partial charge in [0, 0.05) is 18.6 Å². The van der Waals surface area contributed by atoms with Crippen LogP contribution in [-0.2, 0) is 14.8 Å². The number of nitrogens with one attached hydrogen (secondary N) is 2. The van der Waals surface area contributed by atoms with Crippen LogP contribution < -0.4 is 15.8 Å². The number of carbonyl (C=O) groups excluding carboxylic acids is 1. The predicted octanol–water partition coefficient (Wildman–Crippen LogP) is 0.371. The molecule has 20 heavy (non-hydrogen) atoms. The molecule has 0 aromatic carbocycles. The number of hydrogen-bond acceptors (Lipinski definition) is 4. The maximum absolute atomic E-state index is 12.0. The Morgan fingerprint density at radius 3 is 2.55 bits per heavy atom. The summed E-state index contributed by atoms with van der Waals surface area (Å²) >= 11 is 0. The molecule has 0 saturated heterocycles. The van der Waals surface area contributed by atoms with Gasteiger partial charge in [-0.25, -0.2) is 13.1 Å². The lowest BCUT2D eigenvalue weighted by atomic mass is 9.74. The molecule has 1 amide bonds. The summed E-state index contributed by atoms with van der Waals surface area (Å²) in [4.78, 5) is 12.0. The van der Waals surface area contributed by atoms with Gasteiger partial charge < -0.3 is 11.1 Å². The van der Waals surface area contributed by atoms with Gasteiger partial charge in [0.1, 0.15) is 0 Å². The average Bonchev–Trinajstić information content (AvgIpc) is 2.34. The Balaban J connectivity index is 0.00000361. The van der Waals surface area contributed by atoms with E-state index in [9.17, 15) is 13.2 Å². The third kappa shape index (κ3) is 5.95. The maximum atomic E-state index is 12.0. The Bertz CT molecular complexity index is 412. The van der Waals surface area contributed by atoms with E-state index in [0.29, 0.717) is 6.54 Å². The van der Waals surface area contributed by atoms with Gasteiger partial charge in [0.05, 0.1) is 11.7 Å². The van der Waals surface area contributed by atoms with Crippen LogP contribution in [0.3, 0.4) is 0 Å². The largest absolute Gasteiger partial charge is 0.354 e. The Morgan fingerprint density at radius 1 is 1.35 bits per heavy atom. The Morgan fingerprint density at radius 2 is 2.00 bits per heavy atom. The molecule has 2 unspecified atom stereocenters. The molecule has 0 aromatic heterocycles. The molecule has 0 bridgehead atoms. The fourth-order valence-electron chi connectivity index (χ4n) is 2.41. The minimum atomic E-state index is -3.19. The Kier molecular flexibility index (Phi) is 8.01. The third-order valence-corrected chi connectivity index (χ3v) is 5.10. The fraction of sp³-hybridized carbons (Fsp3) is 0.917. The van der Waals surface area contributed by atoms with Crippen LogP contribution in [0.2, 0.25) is 0 Å². The number of nitrogens with two attached hydrogens (primary N) is 1. The van der Waals surface area contributed by atoms with Crippen LogP contribution in [0.1, 0.15) is 39.5 Å². The van der Waals surface area contributed by atoms with E-state index in [-0.39, 0.29) is 36.5 Å². The van der Waals surface area contributed by atoms with Crippen LogP contribution in [0.5, 0.6) is 0 Å². The first-order valence-corrected chi connectivity index (χ1v) is 8.47. The zero-order chi connectivity index (χ0) is 14.5. The summed E-state index contributed by atoms with van der Waals surface area (Å²) in [5.41, 5.74) is 5.69. The molecule has 6 nitrogen and oxygen atoms in total. The van der Waals surface area contributed by atoms with Crippen molar-refractivity contribution in [1.82, 2.24) is 10.0 Å². The van der Waals surface area contributed by atoms with Crippen molar-refractivity contribution in [2.75, 3.05) is 18.8 Å². The van der Waals surface area contributed by atoms with Crippen molar-refractivity contribution in [2.24, 2.45) is 11.7 Å². The van der Waals surface area contributed by atoms with Crippen molar-refractivity contribution in [3.05, 3.63) is 0 Å². The lowest BCUT2D eigenvalue weighted by molar-refractivity contribution is -0.128. The topological polar surface area (TPSA) is 101 Å². The molecule has 0 radical (unpaired) electrons. The summed E-state index contributed by atoms with van der Waals surface area (Å²) in [7, 11) is -3.19. The molecule has 8 heteroatoms. The summed E-state index contributed by atoms with van der Waals surface area (Å²) in [5.74, 6) is -0.200. The van der Waals surface area contributed by atoms with Crippen LogP contribution in [-0.4, -0.2) is 38.7 Å². The highest BCUT2D eigenvalue weighted by atomic mass is 35.5. The standard InChI is InChI=1S/C12H25N3O3S.ClH/c1-3-19(17,18)15-9-8-14-11(16)10-6-4-5-7-12(10,2)13;/h10,15H,3-9,13H2,1-2H3,(H,14,16);1H. The molecule has 4 N–H and O–H groups in total. The number of halogens is 1. The van der Waals surface area contributed by atoms with E-state index < -0.39 is 15.6 Å². The molecule has 0 aromatic rings. The van der Waals surface area contributed by atoms with Crippen LogP contribution in [0.25, 0.3) is 0 Å². The molecule has 1 rings (SSSR count). The van der Waals surface area contributed by atoms with E-state index in [4.69, 9.17) is 5.73 Å². The summed E-state index contributed by atoms with van der Waals surface area (Å²) < 4.78 is 24.8. The summed E-state index contributed by atoms with van der Waals surface area (Å²) in [6.07, 6.45) is 3.74. The van der Waals surface area contributed by atoms with E-state index >= 15 is 0 Å². The molecule has 0 aliphatic heterocycles. The van der Waals surface area contributed by atoms with E-state index in [1.807, 2.05) is 6.92 Å². The molecular formula is C12H26ClN3O3S. The second-order valence-corrected chi connectivity index (χ2v) is 7.49. The van der Waals surface area contributed by atoms with E-state index in [1.54, 1.807) is 6.92 Å². The van der Waals surface area contributed by atoms with Gasteiger partial charge in [-0.15, -0.1) is 12.4 Å². The second kappa shape index (κ2) is 8.17. The summed E-state index contributed by atoms with van der Waals surface area (Å²) in [6, 6.07) is 0. The summed E-state index contributed by atoms with van der Waals surface area (Å²) in [6.45, 7) is 4.00. The highest BCUT2D eigenvalue weighted by Crippen LogP contribution is 2.31. The normalized spacial score (nSPS) is 26.6. The van der Waals surface area contributed by atoms with Crippen molar-refractivity contribution >= 4 is 28.3 Å². The first-order valence-electron chi connectivity index (χ1n) is 6.82. The monoisotopic (exact) mass is 327 g/mol. The van der Waals surface area contributed by atoms with Gasteiger partial charge >= 0.3 is 0 Å². The van der Waals surface area contributed by atoms with E-state index in [1.165, 1.54) is 0 Å². The van der Waals surface area contributed by atoms with Crippen LogP contribution in [0, 0.1) is 5.92 Å². The minimum Gasteiger partial charge on any atom is -0.354 e. The van der Waals surface area contributed by atoms with E-state index in [0.717, 1.165) is 25.7 Å². The molecule has 1 aliphatic carbocycles. The van der Waals surface area contributed by atoms with Gasteiger partial charge in [0.2, 0.25) is 15.9 Å². The average molecular weight is 328 g/mol. The van der Waals surface area contributed by atoms with Gasteiger partial charge in [-0.2, -0.15) is 0 Å². The Hall–Kier alpha value is -0.370. The SMILES string of the molecule is CCS(=O)(=O)NCCNC(=O)C1CCCCC1(C)N.Cl. The predicted molar refractivity (Wildman–Crippen MR) is 82.3 cm³/mol. The molecule has 120 valence electrons. The Labute approximate surface area is 127 Å². The van der Waals surface area contributed by atoms with Gasteiger partial charge in [-0.05, 0) is 26.7 Å². The quantitative estimate of drug-likeness (QED) is 0.613. The van der Waals surface area contributed by atoms with Crippen molar-refractivity contribution in [1.29, 1.82) is 0 Å². The number of hydrogen-bond donors (Lipinski definition) is 3. The molecule has 2 atom stereocenters. The molecule has 1 fully saturated rings. The van der Waals surface area contributed by atoms with Crippen LogP contribution >= 0.6 is 12.4 Å². The second-order valence-electron chi connectivity index (χ2n) is 5.39. The van der Waals surface area contributed by atoms with Crippen molar-refractivity contribution in [3.8, 4) is 0 Å².